The molecule has 2 heteroatoms. The largest absolute Gasteiger partial charge is 0.378 e. The molecule has 0 heterocycles. The summed E-state index contributed by atoms with van der Waals surface area (Å²) in [5.41, 5.74) is 8.50. The maximum Gasteiger partial charge on any atom is 0.0352 e. The Hall–Kier alpha value is -0.760. The Kier molecular flexibility index (Phi) is 2.29. The van der Waals surface area contributed by atoms with Crippen LogP contribution in [0.25, 0.3) is 0 Å². The fraction of sp³-hybridized carbons (Fsp3) is 0.600. The summed E-state index contributed by atoms with van der Waals surface area (Å²) in [6, 6.07) is 0. The van der Waals surface area contributed by atoms with E-state index in [9.17, 15) is 0 Å². The van der Waals surface area contributed by atoms with Gasteiger partial charge in [0.1, 0.15) is 0 Å². The van der Waals surface area contributed by atoms with E-state index in [1.54, 1.807) is 0 Å². The number of nitrogens with two attached hydrogens (primary N) is 1. The molecule has 0 amide bonds. The summed E-state index contributed by atoms with van der Waals surface area (Å²) in [5, 5.41) is 0. The van der Waals surface area contributed by atoms with Crippen molar-refractivity contribution in [2.45, 2.75) is 25.8 Å². The summed E-state index contributed by atoms with van der Waals surface area (Å²) >= 11 is 0. The van der Waals surface area contributed by atoms with Crippen LogP contribution in [0.4, 0.5) is 0 Å². The highest BCUT2D eigenvalue weighted by Gasteiger charge is 2.20. The van der Waals surface area contributed by atoms with Crippen LogP contribution >= 0.6 is 0 Å². The Morgan fingerprint density at radius 1 is 1.50 bits per heavy atom. The minimum atomic E-state index is -0.149. The zero-order chi connectivity index (χ0) is 9.35. The lowest BCUT2D eigenvalue weighted by Crippen LogP contribution is -2.36. The van der Waals surface area contributed by atoms with Crippen molar-refractivity contribution in [3.63, 3.8) is 0 Å². The molecule has 1 aliphatic carbocycles. The number of rotatable bonds is 1. The molecule has 1 aliphatic rings. The second-order valence-corrected chi connectivity index (χ2v) is 4.08. The van der Waals surface area contributed by atoms with Crippen LogP contribution < -0.4 is 5.73 Å². The lowest BCUT2D eigenvalue weighted by molar-refractivity contribution is 0.489. The maximum atomic E-state index is 5.99. The van der Waals surface area contributed by atoms with E-state index in [0.29, 0.717) is 0 Å². The van der Waals surface area contributed by atoms with Crippen LogP contribution in [-0.2, 0) is 0 Å². The van der Waals surface area contributed by atoms with Gasteiger partial charge in [0.2, 0.25) is 0 Å². The minimum Gasteiger partial charge on any atom is -0.378 e. The van der Waals surface area contributed by atoms with E-state index >= 15 is 0 Å². The number of hydrogen-bond donors (Lipinski definition) is 1. The highest BCUT2D eigenvalue weighted by molar-refractivity contribution is 5.32. The van der Waals surface area contributed by atoms with Crippen LogP contribution in [0.1, 0.15) is 20.3 Å². The van der Waals surface area contributed by atoms with Crippen LogP contribution in [0.2, 0.25) is 0 Å². The van der Waals surface area contributed by atoms with Crippen LogP contribution in [0.3, 0.4) is 0 Å². The molecule has 0 saturated carbocycles. The van der Waals surface area contributed by atoms with Gasteiger partial charge in [-0.05, 0) is 31.9 Å². The maximum absolute atomic E-state index is 5.99. The van der Waals surface area contributed by atoms with Crippen LogP contribution in [0, 0.1) is 0 Å². The molecular formula is C10H18N2. The van der Waals surface area contributed by atoms with Gasteiger partial charge in [0.05, 0.1) is 0 Å². The lowest BCUT2D eigenvalue weighted by atomic mass is 9.88. The Bertz CT molecular complexity index is 234. The molecule has 0 aliphatic heterocycles. The van der Waals surface area contributed by atoms with E-state index in [4.69, 9.17) is 5.73 Å². The van der Waals surface area contributed by atoms with Crippen molar-refractivity contribution >= 4 is 0 Å². The lowest BCUT2D eigenvalue weighted by Gasteiger charge is -2.29. The van der Waals surface area contributed by atoms with Crippen LogP contribution in [0.15, 0.2) is 23.4 Å². The van der Waals surface area contributed by atoms with E-state index < -0.39 is 0 Å². The number of nitrogens with zero attached hydrogens (tertiary/aromatic N) is 1. The van der Waals surface area contributed by atoms with Crippen molar-refractivity contribution in [3.8, 4) is 0 Å². The van der Waals surface area contributed by atoms with Gasteiger partial charge in [-0.1, -0.05) is 6.08 Å². The average Bonchev–Trinajstić information content (AvgIpc) is 1.83. The topological polar surface area (TPSA) is 29.3 Å². The summed E-state index contributed by atoms with van der Waals surface area (Å²) in [5.74, 6) is 0. The Labute approximate surface area is 74.7 Å². The fourth-order valence-corrected chi connectivity index (χ4v) is 1.66. The van der Waals surface area contributed by atoms with Gasteiger partial charge < -0.3 is 10.6 Å². The van der Waals surface area contributed by atoms with Crippen LogP contribution in [-0.4, -0.2) is 24.5 Å². The normalized spacial score (nSPS) is 29.4. The molecule has 2 N–H and O–H groups in total. The minimum absolute atomic E-state index is 0.149. The van der Waals surface area contributed by atoms with Crippen molar-refractivity contribution in [2.75, 3.05) is 14.1 Å². The van der Waals surface area contributed by atoms with Crippen molar-refractivity contribution in [2.24, 2.45) is 5.73 Å². The third kappa shape index (κ3) is 1.89. The monoisotopic (exact) mass is 166 g/mol. The molecule has 0 radical (unpaired) electrons. The molecule has 1 atom stereocenters. The first-order valence-corrected chi connectivity index (χ1v) is 4.27. The summed E-state index contributed by atoms with van der Waals surface area (Å²) in [6.07, 6.45) is 5.14. The van der Waals surface area contributed by atoms with Gasteiger partial charge in [-0.25, -0.2) is 0 Å². The highest BCUT2D eigenvalue weighted by Crippen LogP contribution is 2.25. The summed E-state index contributed by atoms with van der Waals surface area (Å²) < 4.78 is 0. The van der Waals surface area contributed by atoms with Crippen molar-refractivity contribution in [3.05, 3.63) is 23.4 Å². The number of hydrogen-bond acceptors (Lipinski definition) is 2. The van der Waals surface area contributed by atoms with Gasteiger partial charge in [-0.15, -0.1) is 0 Å². The summed E-state index contributed by atoms with van der Waals surface area (Å²) in [7, 11) is 4.12. The molecule has 1 rings (SSSR count). The Morgan fingerprint density at radius 3 is 2.50 bits per heavy atom. The Morgan fingerprint density at radius 2 is 2.08 bits per heavy atom. The molecule has 0 aromatic carbocycles. The number of likely N-dealkylation sites (N-methyl/N-ethyl adjacent to an activating group) is 1. The van der Waals surface area contributed by atoms with Crippen LogP contribution in [0.5, 0.6) is 0 Å². The average molecular weight is 166 g/mol. The zero-order valence-corrected chi connectivity index (χ0v) is 8.39. The second kappa shape index (κ2) is 2.94. The van der Waals surface area contributed by atoms with Gasteiger partial charge >= 0.3 is 0 Å². The summed E-state index contributed by atoms with van der Waals surface area (Å²) in [4.78, 5) is 2.13. The fourth-order valence-electron chi connectivity index (χ4n) is 1.66. The third-order valence-corrected chi connectivity index (χ3v) is 2.19. The molecule has 68 valence electrons. The van der Waals surface area contributed by atoms with Gasteiger partial charge in [0.25, 0.3) is 0 Å². The van der Waals surface area contributed by atoms with Crippen molar-refractivity contribution in [1.82, 2.24) is 4.90 Å². The van der Waals surface area contributed by atoms with E-state index in [0.717, 1.165) is 6.42 Å². The standard InChI is InChI=1S/C10H18N2/c1-8-7-10(2,11)6-5-9(8)12(3)4/h5-6H,7,11H2,1-4H3. The predicted molar refractivity (Wildman–Crippen MR) is 52.7 cm³/mol. The molecule has 1 unspecified atom stereocenters. The molecule has 0 spiro atoms. The molecule has 2 nitrogen and oxygen atoms in total. The SMILES string of the molecule is CC1=C(N(C)C)C=CC(C)(N)C1. The first kappa shape index (κ1) is 9.33. The zero-order valence-electron chi connectivity index (χ0n) is 8.39. The molecule has 0 aromatic heterocycles. The molecule has 0 saturated heterocycles. The Balaban J connectivity index is 2.88. The molecule has 0 fully saturated rings. The van der Waals surface area contributed by atoms with Gasteiger partial charge in [0, 0.05) is 25.3 Å². The summed E-state index contributed by atoms with van der Waals surface area (Å²) in [6.45, 7) is 4.20. The number of allylic oxidation sites excluding steroid dienone is 1. The van der Waals surface area contributed by atoms with Gasteiger partial charge in [-0.2, -0.15) is 0 Å². The van der Waals surface area contributed by atoms with E-state index in [1.807, 2.05) is 0 Å². The molecular weight excluding hydrogens is 148 g/mol. The van der Waals surface area contributed by atoms with Gasteiger partial charge in [0.15, 0.2) is 0 Å². The molecule has 12 heavy (non-hydrogen) atoms. The molecule has 0 bridgehead atoms. The van der Waals surface area contributed by atoms with E-state index in [-0.39, 0.29) is 5.54 Å². The smallest absolute Gasteiger partial charge is 0.0352 e. The van der Waals surface area contributed by atoms with Gasteiger partial charge in [-0.3, -0.25) is 0 Å². The van der Waals surface area contributed by atoms with Crippen molar-refractivity contribution in [1.29, 1.82) is 0 Å². The van der Waals surface area contributed by atoms with Crippen molar-refractivity contribution < 1.29 is 0 Å². The quantitative estimate of drug-likeness (QED) is 0.639. The first-order valence-electron chi connectivity index (χ1n) is 4.27. The van der Waals surface area contributed by atoms with E-state index in [2.05, 4.69) is 45.0 Å². The van der Waals surface area contributed by atoms with E-state index in [1.165, 1.54) is 11.3 Å². The second-order valence-electron chi connectivity index (χ2n) is 4.08. The third-order valence-electron chi connectivity index (χ3n) is 2.19. The molecule has 0 aromatic rings. The highest BCUT2D eigenvalue weighted by atomic mass is 15.1. The predicted octanol–water partition coefficient (Wildman–Crippen LogP) is 1.50. The first-order chi connectivity index (χ1) is 5.42.